The fourth-order valence-electron chi connectivity index (χ4n) is 1.82. The summed E-state index contributed by atoms with van der Waals surface area (Å²) in [5, 5.41) is 13.7. The minimum absolute atomic E-state index is 0.0180. The zero-order valence-electron chi connectivity index (χ0n) is 12.3. The van der Waals surface area contributed by atoms with Crippen LogP contribution >= 0.6 is 0 Å². The lowest BCUT2D eigenvalue weighted by atomic mass is 10.1. The van der Waals surface area contributed by atoms with Gasteiger partial charge in [-0.3, -0.25) is 0 Å². The molecular formula is C16H15F3N2O2. The van der Waals surface area contributed by atoms with E-state index in [1.807, 2.05) is 0 Å². The quantitative estimate of drug-likeness (QED) is 0.653. The van der Waals surface area contributed by atoms with E-state index in [-0.39, 0.29) is 12.3 Å². The Morgan fingerprint density at radius 2 is 1.87 bits per heavy atom. The molecule has 2 N–H and O–H groups in total. The summed E-state index contributed by atoms with van der Waals surface area (Å²) in [7, 11) is 1.49. The molecule has 0 aromatic heterocycles. The number of nitrogens with zero attached hydrogens (tertiary/aromatic N) is 1. The van der Waals surface area contributed by atoms with E-state index >= 15 is 0 Å². The molecule has 23 heavy (non-hydrogen) atoms. The second kappa shape index (κ2) is 7.04. The van der Waals surface area contributed by atoms with Crippen molar-refractivity contribution in [1.82, 2.24) is 5.43 Å². The van der Waals surface area contributed by atoms with Crippen LogP contribution in [-0.2, 0) is 12.7 Å². The van der Waals surface area contributed by atoms with Gasteiger partial charge in [-0.05, 0) is 29.8 Å². The molecule has 0 bridgehead atoms. The zero-order chi connectivity index (χ0) is 16.9. The number of aromatic hydroxyl groups is 1. The Morgan fingerprint density at radius 3 is 2.43 bits per heavy atom. The topological polar surface area (TPSA) is 53.8 Å². The van der Waals surface area contributed by atoms with Gasteiger partial charge in [-0.2, -0.15) is 18.3 Å². The minimum Gasteiger partial charge on any atom is -0.507 e. The Labute approximate surface area is 131 Å². The molecule has 2 rings (SSSR count). The number of nitrogens with one attached hydrogen (secondary N) is 1. The smallest absolute Gasteiger partial charge is 0.416 e. The zero-order valence-corrected chi connectivity index (χ0v) is 12.3. The first-order chi connectivity index (χ1) is 10.9. The number of rotatable bonds is 5. The summed E-state index contributed by atoms with van der Waals surface area (Å²) < 4.78 is 42.3. The second-order valence-corrected chi connectivity index (χ2v) is 4.71. The van der Waals surface area contributed by atoms with Gasteiger partial charge in [-0.25, -0.2) is 0 Å². The van der Waals surface area contributed by atoms with Gasteiger partial charge in [-0.15, -0.1) is 0 Å². The number of hydrogen-bond acceptors (Lipinski definition) is 4. The van der Waals surface area contributed by atoms with Gasteiger partial charge in [0, 0.05) is 11.6 Å². The van der Waals surface area contributed by atoms with Crippen LogP contribution in [0.25, 0.3) is 0 Å². The van der Waals surface area contributed by atoms with Crippen LogP contribution in [0.2, 0.25) is 0 Å². The fraction of sp³-hybridized carbons (Fsp3) is 0.188. The molecule has 0 heterocycles. The SMILES string of the molecule is COc1ccc(/C=N/NCc2ccc(C(F)(F)F)cc2)c(O)c1. The maximum absolute atomic E-state index is 12.4. The van der Waals surface area contributed by atoms with E-state index in [2.05, 4.69) is 10.5 Å². The average molecular weight is 324 g/mol. The van der Waals surface area contributed by atoms with Crippen molar-refractivity contribution in [1.29, 1.82) is 0 Å². The third-order valence-electron chi connectivity index (χ3n) is 3.10. The van der Waals surface area contributed by atoms with Crippen LogP contribution in [0, 0.1) is 0 Å². The highest BCUT2D eigenvalue weighted by atomic mass is 19.4. The number of methoxy groups -OCH3 is 1. The highest BCUT2D eigenvalue weighted by Gasteiger charge is 2.29. The summed E-state index contributed by atoms with van der Waals surface area (Å²) >= 11 is 0. The van der Waals surface area contributed by atoms with Crippen LogP contribution in [0.4, 0.5) is 13.2 Å². The van der Waals surface area contributed by atoms with E-state index in [1.54, 1.807) is 12.1 Å². The van der Waals surface area contributed by atoms with Gasteiger partial charge in [0.1, 0.15) is 11.5 Å². The van der Waals surface area contributed by atoms with E-state index in [4.69, 9.17) is 4.74 Å². The molecule has 0 saturated carbocycles. The molecule has 122 valence electrons. The average Bonchev–Trinajstić information content (AvgIpc) is 2.52. The van der Waals surface area contributed by atoms with Gasteiger partial charge in [0.2, 0.25) is 0 Å². The summed E-state index contributed by atoms with van der Waals surface area (Å²) in [6.45, 7) is 0.269. The van der Waals surface area contributed by atoms with E-state index in [9.17, 15) is 18.3 Å². The minimum atomic E-state index is -4.34. The molecule has 0 aliphatic carbocycles. The van der Waals surface area contributed by atoms with Crippen molar-refractivity contribution < 1.29 is 23.0 Å². The van der Waals surface area contributed by atoms with Crippen LogP contribution in [0.3, 0.4) is 0 Å². The molecule has 0 amide bonds. The van der Waals surface area contributed by atoms with Crippen molar-refractivity contribution >= 4 is 6.21 Å². The molecule has 0 spiro atoms. The van der Waals surface area contributed by atoms with E-state index in [0.717, 1.165) is 12.1 Å². The van der Waals surface area contributed by atoms with Crippen LogP contribution in [-0.4, -0.2) is 18.4 Å². The number of alkyl halides is 3. The Balaban J connectivity index is 1.92. The van der Waals surface area contributed by atoms with Crippen molar-refractivity contribution in [2.75, 3.05) is 7.11 Å². The summed E-state index contributed by atoms with van der Waals surface area (Å²) in [5.41, 5.74) is 3.18. The Hall–Kier alpha value is -2.70. The van der Waals surface area contributed by atoms with Crippen molar-refractivity contribution in [2.45, 2.75) is 12.7 Å². The third-order valence-corrected chi connectivity index (χ3v) is 3.10. The summed E-state index contributed by atoms with van der Waals surface area (Å²) in [6, 6.07) is 9.59. The lowest BCUT2D eigenvalue weighted by molar-refractivity contribution is -0.137. The van der Waals surface area contributed by atoms with Crippen molar-refractivity contribution in [3.8, 4) is 11.5 Å². The van der Waals surface area contributed by atoms with E-state index in [0.29, 0.717) is 16.9 Å². The number of phenolic OH excluding ortho intramolecular Hbond substituents is 1. The first-order valence-electron chi connectivity index (χ1n) is 6.69. The predicted molar refractivity (Wildman–Crippen MR) is 80.5 cm³/mol. The predicted octanol–water partition coefficient (Wildman–Crippen LogP) is 3.54. The van der Waals surface area contributed by atoms with Crippen LogP contribution < -0.4 is 10.2 Å². The molecular weight excluding hydrogens is 309 g/mol. The summed E-state index contributed by atoms with van der Waals surface area (Å²) in [5.74, 6) is 0.543. The van der Waals surface area contributed by atoms with Gasteiger partial charge < -0.3 is 15.3 Å². The molecule has 4 nitrogen and oxygen atoms in total. The molecule has 2 aromatic rings. The molecule has 2 aromatic carbocycles. The number of phenols is 1. The standard InChI is InChI=1S/C16H15F3N2O2/c1-23-14-7-4-12(15(22)8-14)10-21-20-9-11-2-5-13(6-3-11)16(17,18)19/h2-8,10,20,22H,9H2,1H3/b21-10+. The Kier molecular flexibility index (Phi) is 5.10. The molecule has 7 heteroatoms. The van der Waals surface area contributed by atoms with Crippen LogP contribution in [0.1, 0.15) is 16.7 Å². The van der Waals surface area contributed by atoms with Crippen LogP contribution in [0.5, 0.6) is 11.5 Å². The highest BCUT2D eigenvalue weighted by molar-refractivity contribution is 5.83. The van der Waals surface area contributed by atoms with Crippen molar-refractivity contribution in [2.24, 2.45) is 5.10 Å². The molecule has 0 fully saturated rings. The summed E-state index contributed by atoms with van der Waals surface area (Å²) in [6.07, 6.45) is -2.92. The van der Waals surface area contributed by atoms with Gasteiger partial charge in [0.25, 0.3) is 0 Å². The van der Waals surface area contributed by atoms with Gasteiger partial charge in [0.05, 0.1) is 25.4 Å². The first-order valence-corrected chi connectivity index (χ1v) is 6.69. The Morgan fingerprint density at radius 1 is 1.17 bits per heavy atom. The largest absolute Gasteiger partial charge is 0.507 e. The lowest BCUT2D eigenvalue weighted by Gasteiger charge is -2.07. The monoisotopic (exact) mass is 324 g/mol. The Bertz CT molecular complexity index is 683. The maximum atomic E-state index is 12.4. The van der Waals surface area contributed by atoms with Gasteiger partial charge in [0.15, 0.2) is 0 Å². The summed E-state index contributed by atoms with van der Waals surface area (Å²) in [4.78, 5) is 0. The van der Waals surface area contributed by atoms with E-state index in [1.165, 1.54) is 31.5 Å². The number of hydrazone groups is 1. The number of benzene rings is 2. The molecule has 0 unspecified atom stereocenters. The molecule has 0 aliphatic heterocycles. The first kappa shape index (κ1) is 16.7. The molecule has 0 atom stereocenters. The third kappa shape index (κ3) is 4.64. The normalized spacial score (nSPS) is 11.7. The van der Waals surface area contributed by atoms with Crippen LogP contribution in [0.15, 0.2) is 47.6 Å². The highest BCUT2D eigenvalue weighted by Crippen LogP contribution is 2.29. The van der Waals surface area contributed by atoms with Gasteiger partial charge >= 0.3 is 6.18 Å². The number of halogens is 3. The second-order valence-electron chi connectivity index (χ2n) is 4.71. The molecule has 0 radical (unpaired) electrons. The van der Waals surface area contributed by atoms with Crippen molar-refractivity contribution in [3.63, 3.8) is 0 Å². The fourth-order valence-corrected chi connectivity index (χ4v) is 1.82. The molecule has 0 saturated heterocycles. The maximum Gasteiger partial charge on any atom is 0.416 e. The van der Waals surface area contributed by atoms with Gasteiger partial charge in [-0.1, -0.05) is 12.1 Å². The van der Waals surface area contributed by atoms with Crippen molar-refractivity contribution in [3.05, 3.63) is 59.2 Å². The van der Waals surface area contributed by atoms with E-state index < -0.39 is 11.7 Å². The lowest BCUT2D eigenvalue weighted by Crippen LogP contribution is -2.08. The molecule has 0 aliphatic rings. The number of ether oxygens (including phenoxy) is 1. The number of hydrogen-bond donors (Lipinski definition) is 2.